The molecule has 1 N–H and O–H groups in total. The van der Waals surface area contributed by atoms with Crippen molar-refractivity contribution in [1.82, 2.24) is 0 Å². The monoisotopic (exact) mass is 254 g/mol. The number of rotatable bonds is 3. The van der Waals surface area contributed by atoms with Crippen LogP contribution in [-0.2, 0) is 14.6 Å². The third-order valence-electron chi connectivity index (χ3n) is 3.22. The number of aromatic hydroxyl groups is 1. The molecule has 1 aromatic carbocycles. The molecule has 0 saturated carbocycles. The third kappa shape index (κ3) is 2.49. The largest absolute Gasteiger partial charge is 0.508 e. The summed E-state index contributed by atoms with van der Waals surface area (Å²) < 4.78 is 22.8. The van der Waals surface area contributed by atoms with Crippen LogP contribution in [0.3, 0.4) is 0 Å². The number of hydrogen-bond donors (Lipinski definition) is 1. The smallest absolute Gasteiger partial charge is 0.150 e. The Hall–Kier alpha value is -1.36. The van der Waals surface area contributed by atoms with Gasteiger partial charge in [0.2, 0.25) is 0 Å². The first-order valence-electron chi connectivity index (χ1n) is 5.47. The molecule has 0 bridgehead atoms. The van der Waals surface area contributed by atoms with Gasteiger partial charge < -0.3 is 9.90 Å². The van der Waals surface area contributed by atoms with Crippen LogP contribution < -0.4 is 0 Å². The van der Waals surface area contributed by atoms with Crippen molar-refractivity contribution in [3.63, 3.8) is 0 Å². The summed E-state index contributed by atoms with van der Waals surface area (Å²) in [6.07, 6.45) is 1.22. The van der Waals surface area contributed by atoms with Crippen LogP contribution in [-0.4, -0.2) is 31.3 Å². The van der Waals surface area contributed by atoms with E-state index in [9.17, 15) is 18.3 Å². The van der Waals surface area contributed by atoms with Gasteiger partial charge in [-0.2, -0.15) is 0 Å². The van der Waals surface area contributed by atoms with E-state index in [0.29, 0.717) is 12.0 Å². The van der Waals surface area contributed by atoms with Crippen molar-refractivity contribution in [2.24, 2.45) is 5.92 Å². The van der Waals surface area contributed by atoms with Crippen molar-refractivity contribution in [2.45, 2.75) is 12.3 Å². The van der Waals surface area contributed by atoms with Crippen molar-refractivity contribution in [2.75, 3.05) is 11.5 Å². The minimum absolute atomic E-state index is 0.0325. The minimum atomic E-state index is -3.01. The van der Waals surface area contributed by atoms with Crippen molar-refractivity contribution >= 4 is 16.1 Å². The van der Waals surface area contributed by atoms with Gasteiger partial charge in [-0.05, 0) is 18.4 Å². The summed E-state index contributed by atoms with van der Waals surface area (Å²) >= 11 is 0. The van der Waals surface area contributed by atoms with Crippen LogP contribution >= 0.6 is 0 Å². The van der Waals surface area contributed by atoms with Gasteiger partial charge in [-0.1, -0.05) is 18.2 Å². The molecule has 0 aliphatic carbocycles. The van der Waals surface area contributed by atoms with Crippen LogP contribution in [0.2, 0.25) is 0 Å². The Bertz CT molecular complexity index is 521. The van der Waals surface area contributed by atoms with E-state index < -0.39 is 15.8 Å². The summed E-state index contributed by atoms with van der Waals surface area (Å²) in [6.45, 7) is 0. The number of aldehydes is 1. The molecule has 2 atom stereocenters. The van der Waals surface area contributed by atoms with Crippen molar-refractivity contribution < 1.29 is 18.3 Å². The van der Waals surface area contributed by atoms with Crippen LogP contribution in [0, 0.1) is 5.92 Å². The third-order valence-corrected chi connectivity index (χ3v) is 5.01. The number of carbonyl (C=O) groups is 1. The number of para-hydroxylation sites is 1. The average Bonchev–Trinajstić information content (AvgIpc) is 2.63. The Morgan fingerprint density at radius 1 is 1.35 bits per heavy atom. The minimum Gasteiger partial charge on any atom is -0.508 e. The second kappa shape index (κ2) is 4.49. The normalized spacial score (nSPS) is 24.4. The molecule has 92 valence electrons. The van der Waals surface area contributed by atoms with Crippen LogP contribution in [0.5, 0.6) is 5.75 Å². The first kappa shape index (κ1) is 12.1. The lowest BCUT2D eigenvalue weighted by Gasteiger charge is -2.17. The predicted molar refractivity (Wildman–Crippen MR) is 63.7 cm³/mol. The maximum Gasteiger partial charge on any atom is 0.150 e. The summed E-state index contributed by atoms with van der Waals surface area (Å²) in [4.78, 5) is 11.1. The molecule has 1 aromatic rings. The van der Waals surface area contributed by atoms with E-state index in [1.165, 1.54) is 6.07 Å². The molecule has 0 spiro atoms. The van der Waals surface area contributed by atoms with Crippen LogP contribution in [0.15, 0.2) is 24.3 Å². The second-order valence-corrected chi connectivity index (χ2v) is 6.61. The van der Waals surface area contributed by atoms with E-state index in [2.05, 4.69) is 0 Å². The summed E-state index contributed by atoms with van der Waals surface area (Å²) in [6, 6.07) is 6.58. The molecule has 1 aliphatic heterocycles. The van der Waals surface area contributed by atoms with E-state index in [0.717, 1.165) is 6.29 Å². The van der Waals surface area contributed by atoms with Gasteiger partial charge in [-0.15, -0.1) is 0 Å². The Balaban J connectivity index is 2.30. The van der Waals surface area contributed by atoms with Gasteiger partial charge in [0, 0.05) is 11.5 Å². The quantitative estimate of drug-likeness (QED) is 0.820. The zero-order chi connectivity index (χ0) is 12.5. The second-order valence-electron chi connectivity index (χ2n) is 4.38. The summed E-state index contributed by atoms with van der Waals surface area (Å²) in [5.74, 6) is -0.534. The number of phenolic OH excluding ortho intramolecular Hbond substituents is 1. The van der Waals surface area contributed by atoms with Gasteiger partial charge in [0.25, 0.3) is 0 Å². The topological polar surface area (TPSA) is 71.4 Å². The van der Waals surface area contributed by atoms with E-state index in [-0.39, 0.29) is 23.2 Å². The van der Waals surface area contributed by atoms with Gasteiger partial charge in [-0.25, -0.2) is 8.42 Å². The Morgan fingerprint density at radius 3 is 2.59 bits per heavy atom. The lowest BCUT2D eigenvalue weighted by Crippen LogP contribution is -2.16. The SMILES string of the molecule is O=CC(c1ccccc1O)C1CCS(=O)(=O)C1. The fourth-order valence-corrected chi connectivity index (χ4v) is 4.17. The number of hydrogen-bond acceptors (Lipinski definition) is 4. The molecule has 2 unspecified atom stereocenters. The molecule has 1 fully saturated rings. The van der Waals surface area contributed by atoms with E-state index in [1.807, 2.05) is 0 Å². The fourth-order valence-electron chi connectivity index (χ4n) is 2.31. The summed E-state index contributed by atoms with van der Waals surface area (Å²) in [5.41, 5.74) is 0.518. The molecule has 1 saturated heterocycles. The number of phenols is 1. The number of carbonyl (C=O) groups excluding carboxylic acids is 1. The summed E-state index contributed by atoms with van der Waals surface area (Å²) in [5, 5.41) is 9.69. The first-order valence-corrected chi connectivity index (χ1v) is 7.29. The molecule has 17 heavy (non-hydrogen) atoms. The van der Waals surface area contributed by atoms with E-state index >= 15 is 0 Å². The number of sulfone groups is 1. The van der Waals surface area contributed by atoms with Crippen LogP contribution in [0.4, 0.5) is 0 Å². The van der Waals surface area contributed by atoms with Crippen LogP contribution in [0.25, 0.3) is 0 Å². The predicted octanol–water partition coefficient (Wildman–Crippen LogP) is 1.11. The Morgan fingerprint density at radius 2 is 2.06 bits per heavy atom. The van der Waals surface area contributed by atoms with Gasteiger partial charge in [0.1, 0.15) is 12.0 Å². The molecule has 2 rings (SSSR count). The summed E-state index contributed by atoms with van der Waals surface area (Å²) in [7, 11) is -3.01. The van der Waals surface area contributed by atoms with Gasteiger partial charge in [-0.3, -0.25) is 0 Å². The van der Waals surface area contributed by atoms with Crippen molar-refractivity contribution in [1.29, 1.82) is 0 Å². The van der Waals surface area contributed by atoms with E-state index in [1.54, 1.807) is 18.2 Å². The van der Waals surface area contributed by atoms with Crippen molar-refractivity contribution in [3.8, 4) is 5.75 Å². The Kier molecular flexibility index (Phi) is 3.19. The Labute approximate surface area is 100 Å². The molecule has 4 nitrogen and oxygen atoms in total. The maximum absolute atomic E-state index is 11.4. The highest BCUT2D eigenvalue weighted by Crippen LogP contribution is 2.35. The van der Waals surface area contributed by atoms with Crippen molar-refractivity contribution in [3.05, 3.63) is 29.8 Å². The highest BCUT2D eigenvalue weighted by Gasteiger charge is 2.35. The molecular formula is C12H14O4S. The lowest BCUT2D eigenvalue weighted by atomic mass is 9.86. The molecule has 1 heterocycles. The zero-order valence-electron chi connectivity index (χ0n) is 9.24. The molecule has 0 amide bonds. The first-order chi connectivity index (χ1) is 8.03. The highest BCUT2D eigenvalue weighted by molar-refractivity contribution is 7.91. The standard InChI is InChI=1S/C12H14O4S/c13-7-11(9-5-6-17(15,16)8-9)10-3-1-2-4-12(10)14/h1-4,7,9,11,14H,5-6,8H2. The van der Waals surface area contributed by atoms with Gasteiger partial charge in [0.05, 0.1) is 11.5 Å². The number of benzene rings is 1. The molecule has 0 radical (unpaired) electrons. The van der Waals surface area contributed by atoms with E-state index in [4.69, 9.17) is 0 Å². The highest BCUT2D eigenvalue weighted by atomic mass is 32.2. The lowest BCUT2D eigenvalue weighted by molar-refractivity contribution is -0.110. The molecular weight excluding hydrogens is 240 g/mol. The average molecular weight is 254 g/mol. The van der Waals surface area contributed by atoms with Gasteiger partial charge >= 0.3 is 0 Å². The molecule has 1 aliphatic rings. The zero-order valence-corrected chi connectivity index (χ0v) is 10.1. The van der Waals surface area contributed by atoms with Crippen LogP contribution in [0.1, 0.15) is 17.9 Å². The van der Waals surface area contributed by atoms with Gasteiger partial charge in [0.15, 0.2) is 9.84 Å². The molecule has 0 aromatic heterocycles. The fraction of sp³-hybridized carbons (Fsp3) is 0.417. The maximum atomic E-state index is 11.4. The molecule has 5 heteroatoms.